The molecule has 5 nitrogen and oxygen atoms in total. The maximum Gasteiger partial charge on any atom is 0.407 e. The van der Waals surface area contributed by atoms with E-state index in [4.69, 9.17) is 9.84 Å². The van der Waals surface area contributed by atoms with Crippen molar-refractivity contribution in [2.75, 3.05) is 6.54 Å². The second-order valence-corrected chi connectivity index (χ2v) is 5.66. The van der Waals surface area contributed by atoms with E-state index in [1.165, 1.54) is 0 Å². The van der Waals surface area contributed by atoms with Crippen molar-refractivity contribution in [3.05, 3.63) is 35.9 Å². The second-order valence-electron chi connectivity index (χ2n) is 5.66. The fourth-order valence-corrected chi connectivity index (χ4v) is 2.33. The largest absolute Gasteiger partial charge is 0.445 e. The molecule has 0 heterocycles. The SMILES string of the molecule is CC(O)CCNC1CC(NC(=O)OCc2ccccc2)C1. The average Bonchev–Trinajstić information content (AvgIpc) is 2.43. The molecule has 0 saturated heterocycles. The van der Waals surface area contributed by atoms with Crippen LogP contribution in [0.25, 0.3) is 0 Å². The maximum atomic E-state index is 11.6. The highest BCUT2D eigenvalue weighted by Crippen LogP contribution is 2.20. The van der Waals surface area contributed by atoms with Gasteiger partial charge in [0.25, 0.3) is 0 Å². The zero-order valence-corrected chi connectivity index (χ0v) is 12.4. The van der Waals surface area contributed by atoms with Crippen molar-refractivity contribution in [3.8, 4) is 0 Å². The predicted molar refractivity (Wildman–Crippen MR) is 80.9 cm³/mol. The molecule has 0 bridgehead atoms. The number of amides is 1. The Morgan fingerprint density at radius 3 is 2.71 bits per heavy atom. The van der Waals surface area contributed by atoms with Crippen molar-refractivity contribution < 1.29 is 14.6 Å². The summed E-state index contributed by atoms with van der Waals surface area (Å²) in [5, 5.41) is 15.4. The molecule has 21 heavy (non-hydrogen) atoms. The van der Waals surface area contributed by atoms with Gasteiger partial charge in [0.2, 0.25) is 0 Å². The van der Waals surface area contributed by atoms with E-state index < -0.39 is 0 Å². The lowest BCUT2D eigenvalue weighted by Gasteiger charge is -2.36. The quantitative estimate of drug-likeness (QED) is 0.717. The van der Waals surface area contributed by atoms with Gasteiger partial charge in [0.1, 0.15) is 6.61 Å². The Hall–Kier alpha value is -1.59. The standard InChI is InChI=1S/C16H24N2O3/c1-12(19)7-8-17-14-9-15(10-14)18-16(20)21-11-13-5-3-2-4-6-13/h2-6,12,14-15,17,19H,7-11H2,1H3,(H,18,20). The molecule has 0 radical (unpaired) electrons. The van der Waals surface area contributed by atoms with Gasteiger partial charge in [0.15, 0.2) is 0 Å². The number of ether oxygens (including phenoxy) is 1. The first-order valence-electron chi connectivity index (χ1n) is 7.52. The van der Waals surface area contributed by atoms with Crippen LogP contribution in [0.4, 0.5) is 4.79 Å². The third-order valence-electron chi connectivity index (χ3n) is 3.67. The van der Waals surface area contributed by atoms with E-state index in [1.54, 1.807) is 6.92 Å². The van der Waals surface area contributed by atoms with Gasteiger partial charge in [-0.3, -0.25) is 0 Å². The summed E-state index contributed by atoms with van der Waals surface area (Å²) in [5.74, 6) is 0. The summed E-state index contributed by atoms with van der Waals surface area (Å²) in [4.78, 5) is 11.6. The molecule has 0 aliphatic heterocycles. The number of aliphatic hydroxyl groups is 1. The lowest BCUT2D eigenvalue weighted by molar-refractivity contribution is 0.124. The highest BCUT2D eigenvalue weighted by molar-refractivity contribution is 5.67. The Labute approximate surface area is 125 Å². The van der Waals surface area contributed by atoms with Crippen molar-refractivity contribution in [2.24, 2.45) is 0 Å². The van der Waals surface area contributed by atoms with Crippen LogP contribution >= 0.6 is 0 Å². The smallest absolute Gasteiger partial charge is 0.407 e. The van der Waals surface area contributed by atoms with Gasteiger partial charge in [-0.05, 0) is 38.3 Å². The molecule has 1 aromatic carbocycles. The van der Waals surface area contributed by atoms with Crippen molar-refractivity contribution in [2.45, 2.75) is 51.0 Å². The zero-order valence-electron chi connectivity index (χ0n) is 12.4. The number of carbonyl (C=O) groups excluding carboxylic acids is 1. The Morgan fingerprint density at radius 1 is 1.33 bits per heavy atom. The molecule has 1 amide bonds. The number of carbonyl (C=O) groups is 1. The average molecular weight is 292 g/mol. The van der Waals surface area contributed by atoms with E-state index >= 15 is 0 Å². The van der Waals surface area contributed by atoms with Gasteiger partial charge >= 0.3 is 6.09 Å². The van der Waals surface area contributed by atoms with Crippen LogP contribution < -0.4 is 10.6 Å². The Kier molecular flexibility index (Phi) is 6.02. The molecule has 1 unspecified atom stereocenters. The molecular formula is C16H24N2O3. The van der Waals surface area contributed by atoms with Crippen LogP contribution in [0.3, 0.4) is 0 Å². The Balaban J connectivity index is 1.54. The van der Waals surface area contributed by atoms with Crippen LogP contribution in [0.5, 0.6) is 0 Å². The van der Waals surface area contributed by atoms with Gasteiger partial charge in [-0.2, -0.15) is 0 Å². The molecule has 1 saturated carbocycles. The van der Waals surface area contributed by atoms with Gasteiger partial charge in [-0.15, -0.1) is 0 Å². The molecule has 1 aliphatic carbocycles. The van der Waals surface area contributed by atoms with Gasteiger partial charge in [-0.1, -0.05) is 30.3 Å². The first-order valence-corrected chi connectivity index (χ1v) is 7.52. The third-order valence-corrected chi connectivity index (χ3v) is 3.67. The molecule has 1 aromatic rings. The predicted octanol–water partition coefficient (Wildman–Crippen LogP) is 1.80. The lowest BCUT2D eigenvalue weighted by Crippen LogP contribution is -2.52. The molecule has 0 aromatic heterocycles. The summed E-state index contributed by atoms with van der Waals surface area (Å²) < 4.78 is 5.18. The van der Waals surface area contributed by atoms with E-state index in [9.17, 15) is 4.79 Å². The van der Waals surface area contributed by atoms with Crippen molar-refractivity contribution in [1.29, 1.82) is 0 Å². The van der Waals surface area contributed by atoms with Crippen LogP contribution in [0.2, 0.25) is 0 Å². The van der Waals surface area contributed by atoms with Gasteiger partial charge in [0.05, 0.1) is 6.10 Å². The van der Waals surface area contributed by atoms with Gasteiger partial charge < -0.3 is 20.5 Å². The van der Waals surface area contributed by atoms with Crippen LogP contribution in [0.1, 0.15) is 31.7 Å². The van der Waals surface area contributed by atoms with Crippen LogP contribution in [0.15, 0.2) is 30.3 Å². The summed E-state index contributed by atoms with van der Waals surface area (Å²) in [7, 11) is 0. The summed E-state index contributed by atoms with van der Waals surface area (Å²) in [6, 6.07) is 10.3. The van der Waals surface area contributed by atoms with Gasteiger partial charge in [-0.25, -0.2) is 4.79 Å². The number of benzene rings is 1. The molecule has 116 valence electrons. The van der Waals surface area contributed by atoms with Crippen LogP contribution in [-0.2, 0) is 11.3 Å². The highest BCUT2D eigenvalue weighted by Gasteiger charge is 2.30. The Bertz CT molecular complexity index is 430. The number of hydrogen-bond donors (Lipinski definition) is 3. The number of nitrogens with one attached hydrogen (secondary N) is 2. The van der Waals surface area contributed by atoms with E-state index in [0.29, 0.717) is 12.6 Å². The topological polar surface area (TPSA) is 70.6 Å². The third kappa shape index (κ3) is 5.73. The fourth-order valence-electron chi connectivity index (χ4n) is 2.33. The maximum absolute atomic E-state index is 11.6. The minimum Gasteiger partial charge on any atom is -0.445 e. The lowest BCUT2D eigenvalue weighted by atomic mass is 9.87. The van der Waals surface area contributed by atoms with Crippen molar-refractivity contribution in [1.82, 2.24) is 10.6 Å². The van der Waals surface area contributed by atoms with Crippen LogP contribution in [-0.4, -0.2) is 35.9 Å². The van der Waals surface area contributed by atoms with Gasteiger partial charge in [0, 0.05) is 12.1 Å². The number of alkyl carbamates (subject to hydrolysis) is 1. The molecule has 1 atom stereocenters. The normalized spacial score (nSPS) is 22.2. The summed E-state index contributed by atoms with van der Waals surface area (Å²) >= 11 is 0. The second kappa shape index (κ2) is 8.00. The van der Waals surface area contributed by atoms with E-state index in [1.807, 2.05) is 30.3 Å². The number of rotatable bonds is 7. The minimum atomic E-state index is -0.355. The number of aliphatic hydroxyl groups excluding tert-OH is 1. The molecule has 3 N–H and O–H groups in total. The minimum absolute atomic E-state index is 0.192. The monoisotopic (exact) mass is 292 g/mol. The first kappa shape index (κ1) is 15.8. The van der Waals surface area contributed by atoms with E-state index in [2.05, 4.69) is 10.6 Å². The summed E-state index contributed by atoms with van der Waals surface area (Å²) in [6.07, 6.45) is 1.97. The summed E-state index contributed by atoms with van der Waals surface area (Å²) in [5.41, 5.74) is 0.985. The van der Waals surface area contributed by atoms with Crippen molar-refractivity contribution >= 4 is 6.09 Å². The molecule has 2 rings (SSSR count). The van der Waals surface area contributed by atoms with Crippen LogP contribution in [0, 0.1) is 0 Å². The molecule has 0 spiro atoms. The van der Waals surface area contributed by atoms with E-state index in [0.717, 1.165) is 31.4 Å². The van der Waals surface area contributed by atoms with Crippen molar-refractivity contribution in [3.63, 3.8) is 0 Å². The van der Waals surface area contributed by atoms with E-state index in [-0.39, 0.29) is 18.2 Å². The molecule has 1 fully saturated rings. The summed E-state index contributed by atoms with van der Waals surface area (Å²) in [6.45, 7) is 2.90. The Morgan fingerprint density at radius 2 is 2.05 bits per heavy atom. The highest BCUT2D eigenvalue weighted by atomic mass is 16.5. The number of hydrogen-bond acceptors (Lipinski definition) is 4. The molecule has 5 heteroatoms. The molecular weight excluding hydrogens is 268 g/mol. The zero-order chi connectivity index (χ0) is 15.1. The fraction of sp³-hybridized carbons (Fsp3) is 0.562. The molecule has 1 aliphatic rings. The first-order chi connectivity index (χ1) is 10.1.